The van der Waals surface area contributed by atoms with Crippen molar-refractivity contribution < 1.29 is 0 Å². The summed E-state index contributed by atoms with van der Waals surface area (Å²) < 4.78 is 0. The van der Waals surface area contributed by atoms with Gasteiger partial charge in [0.1, 0.15) is 0 Å². The normalized spacial score (nSPS) is 26.0. The third-order valence-electron chi connectivity index (χ3n) is 2.64. The third kappa shape index (κ3) is 6.84. The van der Waals surface area contributed by atoms with Gasteiger partial charge in [0.05, 0.1) is 0 Å². The van der Waals surface area contributed by atoms with Crippen LogP contribution < -0.4 is 21.3 Å². The van der Waals surface area contributed by atoms with Gasteiger partial charge in [-0.15, -0.1) is 0 Å². The van der Waals surface area contributed by atoms with Gasteiger partial charge in [-0.05, 0) is 5.41 Å². The van der Waals surface area contributed by atoms with Gasteiger partial charge in [-0.25, -0.2) is 0 Å². The van der Waals surface area contributed by atoms with Crippen LogP contribution in [-0.2, 0) is 0 Å². The van der Waals surface area contributed by atoms with Gasteiger partial charge in [-0.3, -0.25) is 0 Å². The molecule has 0 aromatic carbocycles. The zero-order chi connectivity index (χ0) is 11.0. The van der Waals surface area contributed by atoms with E-state index in [0.717, 1.165) is 52.4 Å². The van der Waals surface area contributed by atoms with Gasteiger partial charge in [0, 0.05) is 52.4 Å². The Kier molecular flexibility index (Phi) is 6.17. The highest BCUT2D eigenvalue weighted by Crippen LogP contribution is 2.10. The van der Waals surface area contributed by atoms with Crippen molar-refractivity contribution >= 4 is 0 Å². The van der Waals surface area contributed by atoms with Gasteiger partial charge in [0.15, 0.2) is 0 Å². The fourth-order valence-corrected chi connectivity index (χ4v) is 1.70. The summed E-state index contributed by atoms with van der Waals surface area (Å²) in [5, 5.41) is 13.8. The van der Waals surface area contributed by atoms with E-state index in [1.165, 1.54) is 0 Å². The van der Waals surface area contributed by atoms with E-state index in [1.54, 1.807) is 0 Å². The Balaban J connectivity index is 2.24. The van der Waals surface area contributed by atoms with Crippen LogP contribution in [-0.4, -0.2) is 52.4 Å². The molecule has 0 spiro atoms. The molecule has 0 amide bonds. The molecule has 1 fully saturated rings. The lowest BCUT2D eigenvalue weighted by atomic mass is 9.93. The molecule has 1 saturated heterocycles. The first-order valence-corrected chi connectivity index (χ1v) is 6.04. The van der Waals surface area contributed by atoms with E-state index in [0.29, 0.717) is 5.41 Å². The van der Waals surface area contributed by atoms with Crippen LogP contribution in [0.3, 0.4) is 0 Å². The number of hydrogen-bond acceptors (Lipinski definition) is 4. The summed E-state index contributed by atoms with van der Waals surface area (Å²) in [6.45, 7) is 13.1. The molecule has 0 aromatic heterocycles. The quantitative estimate of drug-likeness (QED) is 0.434. The van der Waals surface area contributed by atoms with Crippen LogP contribution in [0.15, 0.2) is 0 Å². The molecule has 0 atom stereocenters. The summed E-state index contributed by atoms with van der Waals surface area (Å²) in [4.78, 5) is 0. The van der Waals surface area contributed by atoms with Gasteiger partial charge in [-0.1, -0.05) is 13.8 Å². The first kappa shape index (κ1) is 12.9. The lowest BCUT2D eigenvalue weighted by Crippen LogP contribution is -2.40. The van der Waals surface area contributed by atoms with Crippen molar-refractivity contribution in [2.45, 2.75) is 13.8 Å². The number of rotatable bonds is 0. The fourth-order valence-electron chi connectivity index (χ4n) is 1.70. The molecule has 0 bridgehead atoms. The second-order valence-electron chi connectivity index (χ2n) is 5.02. The minimum atomic E-state index is 0.341. The highest BCUT2D eigenvalue weighted by atomic mass is 15.0. The average molecular weight is 214 g/mol. The van der Waals surface area contributed by atoms with Crippen LogP contribution in [0.5, 0.6) is 0 Å². The van der Waals surface area contributed by atoms with E-state index < -0.39 is 0 Å². The molecule has 1 aliphatic rings. The molecule has 1 aliphatic heterocycles. The molecule has 0 saturated carbocycles. The Labute approximate surface area is 93.6 Å². The smallest absolute Gasteiger partial charge is 0.00772 e. The lowest BCUT2D eigenvalue weighted by molar-refractivity contribution is 0.322. The van der Waals surface area contributed by atoms with E-state index >= 15 is 0 Å². The molecular weight excluding hydrogens is 188 g/mol. The molecule has 0 aliphatic carbocycles. The Bertz CT molecular complexity index is 143. The van der Waals surface area contributed by atoms with Gasteiger partial charge in [0.2, 0.25) is 0 Å². The third-order valence-corrected chi connectivity index (χ3v) is 2.64. The van der Waals surface area contributed by atoms with E-state index in [9.17, 15) is 0 Å². The second kappa shape index (κ2) is 7.17. The molecule has 0 aromatic rings. The van der Waals surface area contributed by atoms with Crippen molar-refractivity contribution in [3.8, 4) is 0 Å². The van der Waals surface area contributed by atoms with E-state index in [-0.39, 0.29) is 0 Å². The summed E-state index contributed by atoms with van der Waals surface area (Å²) in [5.41, 5.74) is 0.341. The van der Waals surface area contributed by atoms with E-state index in [4.69, 9.17) is 0 Å². The summed E-state index contributed by atoms with van der Waals surface area (Å²) in [7, 11) is 0. The monoisotopic (exact) mass is 214 g/mol. The molecule has 1 heterocycles. The molecule has 15 heavy (non-hydrogen) atoms. The summed E-state index contributed by atoms with van der Waals surface area (Å²) in [6, 6.07) is 0. The van der Waals surface area contributed by atoms with Gasteiger partial charge in [0.25, 0.3) is 0 Å². The maximum absolute atomic E-state index is 3.49. The molecule has 0 unspecified atom stereocenters. The van der Waals surface area contributed by atoms with Crippen molar-refractivity contribution in [1.82, 2.24) is 21.3 Å². The summed E-state index contributed by atoms with van der Waals surface area (Å²) in [6.07, 6.45) is 0. The molecular formula is C11H26N4. The fraction of sp³-hybridized carbons (Fsp3) is 1.00. The highest BCUT2D eigenvalue weighted by molar-refractivity contribution is 4.75. The van der Waals surface area contributed by atoms with Crippen molar-refractivity contribution in [2.75, 3.05) is 52.4 Å². The van der Waals surface area contributed by atoms with Crippen molar-refractivity contribution in [3.05, 3.63) is 0 Å². The molecule has 4 nitrogen and oxygen atoms in total. The topological polar surface area (TPSA) is 48.1 Å². The van der Waals surface area contributed by atoms with Crippen molar-refractivity contribution in [3.63, 3.8) is 0 Å². The van der Waals surface area contributed by atoms with Crippen LogP contribution >= 0.6 is 0 Å². The summed E-state index contributed by atoms with van der Waals surface area (Å²) in [5.74, 6) is 0. The lowest BCUT2D eigenvalue weighted by Gasteiger charge is -2.25. The Morgan fingerprint density at radius 2 is 0.933 bits per heavy atom. The zero-order valence-corrected chi connectivity index (χ0v) is 10.2. The maximum atomic E-state index is 3.49. The largest absolute Gasteiger partial charge is 0.315 e. The number of hydrogen-bond donors (Lipinski definition) is 4. The predicted octanol–water partition coefficient (Wildman–Crippen LogP) is -0.615. The molecule has 4 heteroatoms. The Hall–Kier alpha value is -0.160. The average Bonchev–Trinajstić information content (AvgIpc) is 2.20. The standard InChI is InChI=1S/C11H26N4/c1-11(2)9-14-7-5-12-3-4-13-6-8-15-10-11/h12-15H,3-10H2,1-2H3. The second-order valence-corrected chi connectivity index (χ2v) is 5.02. The first-order valence-electron chi connectivity index (χ1n) is 6.04. The van der Waals surface area contributed by atoms with Crippen LogP contribution in [0.25, 0.3) is 0 Å². The van der Waals surface area contributed by atoms with Crippen molar-refractivity contribution in [1.29, 1.82) is 0 Å². The van der Waals surface area contributed by atoms with Crippen LogP contribution in [0, 0.1) is 5.41 Å². The number of nitrogens with one attached hydrogen (secondary N) is 4. The van der Waals surface area contributed by atoms with Crippen LogP contribution in [0.1, 0.15) is 13.8 Å². The summed E-state index contributed by atoms with van der Waals surface area (Å²) >= 11 is 0. The zero-order valence-electron chi connectivity index (χ0n) is 10.2. The Morgan fingerprint density at radius 1 is 0.600 bits per heavy atom. The molecule has 1 rings (SSSR count). The van der Waals surface area contributed by atoms with E-state index in [1.807, 2.05) is 0 Å². The molecule has 90 valence electrons. The van der Waals surface area contributed by atoms with Gasteiger partial charge < -0.3 is 21.3 Å². The minimum absolute atomic E-state index is 0.341. The van der Waals surface area contributed by atoms with E-state index in [2.05, 4.69) is 35.1 Å². The highest BCUT2D eigenvalue weighted by Gasteiger charge is 2.16. The van der Waals surface area contributed by atoms with Gasteiger partial charge in [-0.2, -0.15) is 0 Å². The minimum Gasteiger partial charge on any atom is -0.315 e. The SMILES string of the molecule is CC1(C)CNCCNCCNCCNC1. The van der Waals surface area contributed by atoms with Gasteiger partial charge >= 0.3 is 0 Å². The molecule has 4 N–H and O–H groups in total. The van der Waals surface area contributed by atoms with Crippen molar-refractivity contribution in [2.24, 2.45) is 5.41 Å². The maximum Gasteiger partial charge on any atom is 0.00772 e. The van der Waals surface area contributed by atoms with Crippen LogP contribution in [0.2, 0.25) is 0 Å². The first-order chi connectivity index (χ1) is 7.21. The molecule has 0 radical (unpaired) electrons. The Morgan fingerprint density at radius 3 is 1.33 bits per heavy atom. The predicted molar refractivity (Wildman–Crippen MR) is 65.3 cm³/mol. The van der Waals surface area contributed by atoms with Crippen LogP contribution in [0.4, 0.5) is 0 Å².